The van der Waals surface area contributed by atoms with E-state index in [4.69, 9.17) is 9.84 Å². The molecule has 10 heteroatoms. The maximum Gasteiger partial charge on any atom is 0.407 e. The van der Waals surface area contributed by atoms with Crippen LogP contribution in [-0.4, -0.2) is 67.8 Å². The van der Waals surface area contributed by atoms with Gasteiger partial charge in [0.2, 0.25) is 0 Å². The van der Waals surface area contributed by atoms with Crippen LogP contribution >= 0.6 is 0 Å². The topological polar surface area (TPSA) is 117 Å². The number of alkyl carbamates (subject to hydrolysis) is 1. The van der Waals surface area contributed by atoms with Crippen molar-refractivity contribution in [2.45, 2.75) is 70.2 Å². The number of ether oxygens (including phenoxy) is 1. The summed E-state index contributed by atoms with van der Waals surface area (Å²) in [5.74, 6) is 0.411. The third-order valence-corrected chi connectivity index (χ3v) is 6.11. The lowest BCUT2D eigenvalue weighted by atomic mass is 9.96. The second kappa shape index (κ2) is 8.30. The van der Waals surface area contributed by atoms with E-state index in [0.29, 0.717) is 38.3 Å². The van der Waals surface area contributed by atoms with Gasteiger partial charge in [-0.25, -0.2) is 23.9 Å². The highest BCUT2D eigenvalue weighted by Gasteiger charge is 2.37. The number of carbonyl (C=O) groups excluding carboxylic acids is 2. The molecule has 158 valence electrons. The zero-order valence-corrected chi connectivity index (χ0v) is 16.4. The van der Waals surface area contributed by atoms with Gasteiger partial charge < -0.3 is 25.0 Å². The Labute approximate surface area is 168 Å². The average molecular weight is 405 g/mol. The molecule has 4 rings (SSSR count). The van der Waals surface area contributed by atoms with E-state index in [1.165, 1.54) is 15.9 Å². The Morgan fingerprint density at radius 3 is 2.59 bits per heavy atom. The fraction of sp³-hybridized carbons (Fsp3) is 0.684. The molecule has 2 aliphatic heterocycles. The maximum atomic E-state index is 12.9. The fourth-order valence-electron chi connectivity index (χ4n) is 4.49. The minimum Gasteiger partial charge on any atom is -0.465 e. The standard InChI is InChI=1S/C19H27N5O5/c25-17(21-13-4-2-1-3-5-13)29-12-16-20-10-15-11-23(18(26)24(15)16)14-6-8-22(9-7-14)19(27)28/h10,13-14H,1-9,11-12H2,(H,21,25)(H,27,28). The molecule has 3 amide bonds. The van der Waals surface area contributed by atoms with E-state index >= 15 is 0 Å². The molecule has 1 aromatic heterocycles. The van der Waals surface area contributed by atoms with E-state index in [-0.39, 0.29) is 24.7 Å². The lowest BCUT2D eigenvalue weighted by molar-refractivity contribution is 0.106. The second-order valence-corrected chi connectivity index (χ2v) is 7.97. The van der Waals surface area contributed by atoms with Crippen LogP contribution in [0.5, 0.6) is 0 Å². The van der Waals surface area contributed by atoms with Gasteiger partial charge in [-0.15, -0.1) is 0 Å². The van der Waals surface area contributed by atoms with Gasteiger partial charge in [-0.3, -0.25) is 0 Å². The average Bonchev–Trinajstić information content (AvgIpc) is 3.27. The molecule has 0 atom stereocenters. The number of imidazole rings is 1. The first-order valence-corrected chi connectivity index (χ1v) is 10.3. The Morgan fingerprint density at radius 2 is 1.90 bits per heavy atom. The van der Waals surface area contributed by atoms with Gasteiger partial charge in [0.1, 0.15) is 0 Å². The van der Waals surface area contributed by atoms with Gasteiger partial charge in [0.05, 0.1) is 18.4 Å². The van der Waals surface area contributed by atoms with Gasteiger partial charge in [-0.05, 0) is 25.7 Å². The van der Waals surface area contributed by atoms with Crippen molar-refractivity contribution >= 4 is 18.2 Å². The molecule has 2 fully saturated rings. The molecule has 10 nitrogen and oxygen atoms in total. The largest absolute Gasteiger partial charge is 0.465 e. The number of rotatable bonds is 4. The van der Waals surface area contributed by atoms with Crippen molar-refractivity contribution < 1.29 is 24.2 Å². The van der Waals surface area contributed by atoms with Crippen molar-refractivity contribution in [3.05, 3.63) is 17.7 Å². The van der Waals surface area contributed by atoms with Crippen LogP contribution < -0.4 is 5.32 Å². The number of hydrogen-bond acceptors (Lipinski definition) is 5. The number of nitrogens with zero attached hydrogens (tertiary/aromatic N) is 4. The molecule has 1 saturated carbocycles. The summed E-state index contributed by atoms with van der Waals surface area (Å²) < 4.78 is 6.82. The number of likely N-dealkylation sites (tertiary alicyclic amines) is 1. The lowest BCUT2D eigenvalue weighted by Gasteiger charge is -2.35. The highest BCUT2D eigenvalue weighted by molar-refractivity contribution is 5.81. The van der Waals surface area contributed by atoms with Gasteiger partial charge in [-0.1, -0.05) is 19.3 Å². The molecule has 3 aliphatic rings. The Kier molecular flexibility index (Phi) is 5.59. The van der Waals surface area contributed by atoms with Crippen molar-refractivity contribution in [2.24, 2.45) is 0 Å². The fourth-order valence-corrected chi connectivity index (χ4v) is 4.49. The van der Waals surface area contributed by atoms with Crippen LogP contribution in [0.3, 0.4) is 0 Å². The number of aromatic nitrogens is 2. The molecular weight excluding hydrogens is 378 g/mol. The van der Waals surface area contributed by atoms with Crippen LogP contribution in [0.2, 0.25) is 0 Å². The highest BCUT2D eigenvalue weighted by atomic mass is 16.5. The third kappa shape index (κ3) is 4.15. The van der Waals surface area contributed by atoms with Gasteiger partial charge >= 0.3 is 18.2 Å². The van der Waals surface area contributed by atoms with E-state index in [0.717, 1.165) is 31.4 Å². The van der Waals surface area contributed by atoms with Crippen molar-refractivity contribution in [2.75, 3.05) is 13.1 Å². The molecule has 29 heavy (non-hydrogen) atoms. The monoisotopic (exact) mass is 405 g/mol. The molecule has 1 aliphatic carbocycles. The predicted octanol–water partition coefficient (Wildman–Crippen LogP) is 2.37. The van der Waals surface area contributed by atoms with Crippen molar-refractivity contribution in [1.29, 1.82) is 0 Å². The zero-order valence-electron chi connectivity index (χ0n) is 16.4. The minimum absolute atomic E-state index is 0.00127. The molecule has 0 unspecified atom stereocenters. The van der Waals surface area contributed by atoms with E-state index in [9.17, 15) is 14.4 Å². The Morgan fingerprint density at radius 1 is 1.17 bits per heavy atom. The van der Waals surface area contributed by atoms with Gasteiger partial charge in [0, 0.05) is 25.2 Å². The molecular formula is C19H27N5O5. The van der Waals surface area contributed by atoms with E-state index < -0.39 is 12.2 Å². The van der Waals surface area contributed by atoms with E-state index in [1.54, 1.807) is 11.1 Å². The number of piperidine rings is 1. The Bertz CT molecular complexity index is 780. The summed E-state index contributed by atoms with van der Waals surface area (Å²) in [7, 11) is 0. The summed E-state index contributed by atoms with van der Waals surface area (Å²) >= 11 is 0. The molecule has 3 heterocycles. The smallest absolute Gasteiger partial charge is 0.407 e. The summed E-state index contributed by atoms with van der Waals surface area (Å²) in [6.07, 6.45) is 6.88. The van der Waals surface area contributed by atoms with Crippen LogP contribution in [0.25, 0.3) is 0 Å². The molecule has 0 radical (unpaired) electrons. The molecule has 0 bridgehead atoms. The predicted molar refractivity (Wildman–Crippen MR) is 101 cm³/mol. The van der Waals surface area contributed by atoms with Crippen molar-refractivity contribution in [3.8, 4) is 0 Å². The van der Waals surface area contributed by atoms with Crippen LogP contribution in [-0.2, 0) is 17.9 Å². The molecule has 1 saturated heterocycles. The van der Waals surface area contributed by atoms with Crippen LogP contribution in [0, 0.1) is 0 Å². The first kappa shape index (κ1) is 19.5. The number of carbonyl (C=O) groups is 3. The SMILES string of the molecule is O=C(NC1CCCCC1)OCc1ncc2n1C(=O)N(C1CCN(C(=O)O)CC1)C2. The number of amides is 3. The highest BCUT2D eigenvalue weighted by Crippen LogP contribution is 2.26. The molecule has 0 aromatic carbocycles. The Hall–Kier alpha value is -2.78. The number of nitrogens with one attached hydrogen (secondary N) is 1. The van der Waals surface area contributed by atoms with Crippen molar-refractivity contribution in [1.82, 2.24) is 24.7 Å². The summed E-state index contributed by atoms with van der Waals surface area (Å²) in [6, 6.07) is -0.0186. The van der Waals surface area contributed by atoms with Crippen LogP contribution in [0.4, 0.5) is 14.4 Å². The van der Waals surface area contributed by atoms with Crippen molar-refractivity contribution in [3.63, 3.8) is 0 Å². The maximum absolute atomic E-state index is 12.9. The molecule has 2 N–H and O–H groups in total. The van der Waals surface area contributed by atoms with Crippen LogP contribution in [0.15, 0.2) is 6.20 Å². The number of fused-ring (bicyclic) bond motifs is 1. The number of carboxylic acid groups (broad SMARTS) is 1. The zero-order chi connectivity index (χ0) is 20.4. The first-order valence-electron chi connectivity index (χ1n) is 10.3. The lowest BCUT2D eigenvalue weighted by Crippen LogP contribution is -2.47. The second-order valence-electron chi connectivity index (χ2n) is 7.97. The van der Waals surface area contributed by atoms with E-state index in [1.807, 2.05) is 0 Å². The minimum atomic E-state index is -0.919. The summed E-state index contributed by atoms with van der Waals surface area (Å²) in [5.41, 5.74) is 0.766. The normalized spacial score (nSPS) is 20.6. The molecule has 1 aromatic rings. The first-order chi connectivity index (χ1) is 14.0. The third-order valence-electron chi connectivity index (χ3n) is 6.11. The van der Waals surface area contributed by atoms with E-state index in [2.05, 4.69) is 10.3 Å². The summed E-state index contributed by atoms with van der Waals surface area (Å²) in [4.78, 5) is 43.4. The number of hydrogen-bond donors (Lipinski definition) is 2. The van der Waals surface area contributed by atoms with Gasteiger partial charge in [0.15, 0.2) is 12.4 Å². The summed E-state index contributed by atoms with van der Waals surface area (Å²) in [6.45, 7) is 1.23. The quantitative estimate of drug-likeness (QED) is 0.794. The molecule has 0 spiro atoms. The van der Waals surface area contributed by atoms with Gasteiger partial charge in [0.25, 0.3) is 0 Å². The van der Waals surface area contributed by atoms with Crippen LogP contribution in [0.1, 0.15) is 56.5 Å². The van der Waals surface area contributed by atoms with Gasteiger partial charge in [-0.2, -0.15) is 0 Å². The summed E-state index contributed by atoms with van der Waals surface area (Å²) in [5, 5.41) is 12.0. The Balaban J connectivity index is 1.32.